The minimum atomic E-state index is -4.96. The maximum absolute atomic E-state index is 13.1. The second-order valence-corrected chi connectivity index (χ2v) is 31.4. The van der Waals surface area contributed by atoms with E-state index in [-0.39, 0.29) is 25.7 Å². The van der Waals surface area contributed by atoms with E-state index in [4.69, 9.17) is 37.0 Å². The van der Waals surface area contributed by atoms with Gasteiger partial charge >= 0.3 is 39.5 Å². The highest BCUT2D eigenvalue weighted by molar-refractivity contribution is 7.47. The highest BCUT2D eigenvalue weighted by Crippen LogP contribution is 2.45. The third-order valence-corrected chi connectivity index (χ3v) is 20.2. The van der Waals surface area contributed by atoms with Crippen LogP contribution in [-0.2, 0) is 65.4 Å². The highest BCUT2D eigenvalue weighted by atomic mass is 31.2. The van der Waals surface area contributed by atoms with Crippen LogP contribution in [0.4, 0.5) is 0 Å². The zero-order valence-corrected chi connectivity index (χ0v) is 64.5. The minimum absolute atomic E-state index is 0.107. The van der Waals surface area contributed by atoms with E-state index in [0.29, 0.717) is 31.6 Å². The predicted molar refractivity (Wildman–Crippen MR) is 391 cm³/mol. The van der Waals surface area contributed by atoms with Crippen molar-refractivity contribution in [1.29, 1.82) is 0 Å². The number of esters is 4. The lowest BCUT2D eigenvalue weighted by atomic mass is 9.99. The maximum atomic E-state index is 13.1. The third kappa shape index (κ3) is 69.2. The second-order valence-electron chi connectivity index (χ2n) is 28.5. The van der Waals surface area contributed by atoms with Gasteiger partial charge in [-0.2, -0.15) is 0 Å². The normalized spacial score (nSPS) is 14.3. The van der Waals surface area contributed by atoms with Crippen molar-refractivity contribution in [2.24, 2.45) is 11.8 Å². The van der Waals surface area contributed by atoms with Crippen molar-refractivity contribution < 1.29 is 80.2 Å². The van der Waals surface area contributed by atoms with E-state index in [0.717, 1.165) is 102 Å². The number of hydrogen-bond donors (Lipinski definition) is 3. The van der Waals surface area contributed by atoms with Crippen molar-refractivity contribution in [3.8, 4) is 0 Å². The summed E-state index contributed by atoms with van der Waals surface area (Å²) in [6.07, 6.45) is 56.9. The molecule has 0 aliphatic heterocycles. The Morgan fingerprint density at radius 2 is 0.531 bits per heavy atom. The van der Waals surface area contributed by atoms with Crippen molar-refractivity contribution in [2.45, 2.75) is 419 Å². The summed E-state index contributed by atoms with van der Waals surface area (Å²) in [5.74, 6) is -0.538. The molecule has 0 heterocycles. The number of hydrogen-bond acceptors (Lipinski definition) is 15. The Hall–Kier alpha value is -1.94. The molecule has 0 aliphatic carbocycles. The fraction of sp³-hybridized carbons (Fsp3) is 0.948. The molecular weight excluding hydrogens is 1260 g/mol. The molecule has 570 valence electrons. The Bertz CT molecular complexity index is 1860. The highest BCUT2D eigenvalue weighted by Gasteiger charge is 2.30. The monoisotopic (exact) mass is 1410 g/mol. The molecule has 0 saturated carbocycles. The second kappa shape index (κ2) is 68.8. The minimum Gasteiger partial charge on any atom is -0.462 e. The van der Waals surface area contributed by atoms with Crippen LogP contribution in [0.1, 0.15) is 401 Å². The van der Waals surface area contributed by atoms with E-state index in [1.807, 2.05) is 0 Å². The van der Waals surface area contributed by atoms with Crippen LogP contribution in [-0.4, -0.2) is 96.7 Å². The standard InChI is InChI=1S/C77H150O17P2/c1-7-10-12-14-16-18-20-31-35-41-47-53-59-74(79)87-65-72(93-77(82)62-56-50-43-37-33-29-27-25-23-22-24-26-28-30-34-40-46-52-58-70(6)9-3)67-91-95(83,84)89-63-71(78)64-90-96(85,86)92-68-73(66-88-75(80)60-54-48-44-38-39-45-51-57-69(4)5)94-76(81)61-55-49-42-36-32-21-19-17-15-13-11-8-2/h69-73,78H,7-68H2,1-6H3,(H,83,84)(H,85,86)/t70?,71-,72-,73-/m1/s1. The molecule has 0 aromatic rings. The summed E-state index contributed by atoms with van der Waals surface area (Å²) in [5, 5.41) is 10.6. The Balaban J connectivity index is 5.18. The molecule has 96 heavy (non-hydrogen) atoms. The zero-order chi connectivity index (χ0) is 70.7. The van der Waals surface area contributed by atoms with Crippen LogP contribution in [0.25, 0.3) is 0 Å². The van der Waals surface area contributed by atoms with Gasteiger partial charge < -0.3 is 33.8 Å². The lowest BCUT2D eigenvalue weighted by Gasteiger charge is -2.21. The van der Waals surface area contributed by atoms with E-state index < -0.39 is 97.5 Å². The van der Waals surface area contributed by atoms with Gasteiger partial charge in [-0.3, -0.25) is 37.3 Å². The van der Waals surface area contributed by atoms with Gasteiger partial charge in [0.1, 0.15) is 19.3 Å². The van der Waals surface area contributed by atoms with Gasteiger partial charge in [0, 0.05) is 25.7 Å². The first-order chi connectivity index (χ1) is 46.4. The van der Waals surface area contributed by atoms with Crippen molar-refractivity contribution >= 4 is 39.5 Å². The molecule has 0 aromatic carbocycles. The average Bonchev–Trinajstić information content (AvgIpc) is 1.25. The Morgan fingerprint density at radius 1 is 0.302 bits per heavy atom. The van der Waals surface area contributed by atoms with Gasteiger partial charge in [0.2, 0.25) is 0 Å². The molecular formula is C77H150O17P2. The molecule has 3 unspecified atom stereocenters. The average molecular weight is 1410 g/mol. The molecule has 0 amide bonds. The summed E-state index contributed by atoms with van der Waals surface area (Å²) < 4.78 is 68.5. The molecule has 0 bridgehead atoms. The molecule has 17 nitrogen and oxygen atoms in total. The molecule has 0 aromatic heterocycles. The molecule has 3 N–H and O–H groups in total. The van der Waals surface area contributed by atoms with Crippen molar-refractivity contribution in [3.63, 3.8) is 0 Å². The number of rotatable bonds is 76. The molecule has 0 radical (unpaired) electrons. The van der Waals surface area contributed by atoms with Crippen LogP contribution in [0.2, 0.25) is 0 Å². The Kier molecular flexibility index (Phi) is 67.4. The number of ether oxygens (including phenoxy) is 4. The molecule has 0 aliphatic rings. The smallest absolute Gasteiger partial charge is 0.462 e. The van der Waals surface area contributed by atoms with Gasteiger partial charge in [-0.25, -0.2) is 9.13 Å². The van der Waals surface area contributed by atoms with E-state index >= 15 is 0 Å². The van der Waals surface area contributed by atoms with E-state index in [1.54, 1.807) is 0 Å². The number of aliphatic hydroxyl groups excluding tert-OH is 1. The quantitative estimate of drug-likeness (QED) is 0.0222. The van der Waals surface area contributed by atoms with Crippen molar-refractivity contribution in [2.75, 3.05) is 39.6 Å². The van der Waals surface area contributed by atoms with Gasteiger partial charge in [-0.15, -0.1) is 0 Å². The topological polar surface area (TPSA) is 237 Å². The summed E-state index contributed by atoms with van der Waals surface area (Å²) in [7, 11) is -9.91. The SMILES string of the molecule is CCCCCCCCCCCCCCC(=O)OC[C@H](COP(=O)(O)OC[C@@H](O)COP(=O)(O)OC[C@@H](COC(=O)CCCCCCCCCC(C)C)OC(=O)CCCCCCCCCCCCCC)OC(=O)CCCCCCCCCCCCCCCCCCCCC(C)CC. The molecule has 0 spiro atoms. The van der Waals surface area contributed by atoms with Crippen LogP contribution in [0.5, 0.6) is 0 Å². The van der Waals surface area contributed by atoms with Crippen LogP contribution < -0.4 is 0 Å². The van der Waals surface area contributed by atoms with E-state index in [9.17, 15) is 43.2 Å². The van der Waals surface area contributed by atoms with Crippen LogP contribution in [0.3, 0.4) is 0 Å². The Morgan fingerprint density at radius 3 is 0.792 bits per heavy atom. The first-order valence-corrected chi connectivity index (χ1v) is 43.0. The predicted octanol–water partition coefficient (Wildman–Crippen LogP) is 22.7. The van der Waals surface area contributed by atoms with E-state index in [2.05, 4.69) is 41.5 Å². The van der Waals surface area contributed by atoms with Gasteiger partial charge in [-0.1, -0.05) is 350 Å². The molecule has 6 atom stereocenters. The molecule has 19 heteroatoms. The molecule has 0 fully saturated rings. The fourth-order valence-electron chi connectivity index (χ4n) is 11.8. The van der Waals surface area contributed by atoms with Gasteiger partial charge in [0.15, 0.2) is 12.2 Å². The number of carbonyl (C=O) groups is 4. The summed E-state index contributed by atoms with van der Waals surface area (Å²) >= 11 is 0. The lowest BCUT2D eigenvalue weighted by molar-refractivity contribution is -0.161. The zero-order valence-electron chi connectivity index (χ0n) is 62.7. The number of phosphoric ester groups is 2. The number of aliphatic hydroxyl groups is 1. The summed E-state index contributed by atoms with van der Waals surface area (Å²) in [6.45, 7) is 9.61. The number of carbonyl (C=O) groups excluding carboxylic acids is 4. The van der Waals surface area contributed by atoms with Crippen LogP contribution in [0.15, 0.2) is 0 Å². The van der Waals surface area contributed by atoms with E-state index in [1.165, 1.54) is 212 Å². The van der Waals surface area contributed by atoms with Crippen LogP contribution >= 0.6 is 15.6 Å². The first kappa shape index (κ1) is 94.1. The first-order valence-electron chi connectivity index (χ1n) is 40.0. The summed E-state index contributed by atoms with van der Waals surface area (Å²) in [4.78, 5) is 72.8. The number of phosphoric acid groups is 2. The van der Waals surface area contributed by atoms with Crippen molar-refractivity contribution in [3.05, 3.63) is 0 Å². The number of unbranched alkanes of at least 4 members (excludes halogenated alkanes) is 45. The molecule has 0 rings (SSSR count). The maximum Gasteiger partial charge on any atom is 0.472 e. The summed E-state index contributed by atoms with van der Waals surface area (Å²) in [6, 6.07) is 0. The summed E-state index contributed by atoms with van der Waals surface area (Å²) in [5.41, 5.74) is 0. The third-order valence-electron chi connectivity index (χ3n) is 18.3. The van der Waals surface area contributed by atoms with Crippen molar-refractivity contribution in [1.82, 2.24) is 0 Å². The molecule has 0 saturated heterocycles. The largest absolute Gasteiger partial charge is 0.472 e. The van der Waals surface area contributed by atoms with Gasteiger partial charge in [0.25, 0.3) is 0 Å². The van der Waals surface area contributed by atoms with Crippen LogP contribution in [0, 0.1) is 11.8 Å². The Labute approximate surface area is 588 Å². The fourth-order valence-corrected chi connectivity index (χ4v) is 13.4. The van der Waals surface area contributed by atoms with Gasteiger partial charge in [-0.05, 0) is 37.5 Å². The lowest BCUT2D eigenvalue weighted by Crippen LogP contribution is -2.30. The van der Waals surface area contributed by atoms with Gasteiger partial charge in [0.05, 0.1) is 26.4 Å².